The molecule has 2 aliphatic rings. The number of aryl methyl sites for hydroxylation is 1. The Bertz CT molecular complexity index is 1070. The zero-order valence-corrected chi connectivity index (χ0v) is 21.4. The molecule has 0 spiro atoms. The van der Waals surface area contributed by atoms with Gasteiger partial charge in [0.05, 0.1) is 17.1 Å². The van der Waals surface area contributed by atoms with Gasteiger partial charge in [0, 0.05) is 31.6 Å². The van der Waals surface area contributed by atoms with Crippen LogP contribution in [0.2, 0.25) is 0 Å². The van der Waals surface area contributed by atoms with Crippen LogP contribution in [0.25, 0.3) is 0 Å². The van der Waals surface area contributed by atoms with E-state index >= 15 is 0 Å². The van der Waals surface area contributed by atoms with Crippen LogP contribution in [0.15, 0.2) is 36.4 Å². The Morgan fingerprint density at radius 2 is 2.00 bits per heavy atom. The van der Waals surface area contributed by atoms with Gasteiger partial charge >= 0.3 is 0 Å². The van der Waals surface area contributed by atoms with Crippen molar-refractivity contribution in [3.63, 3.8) is 0 Å². The van der Waals surface area contributed by atoms with Crippen molar-refractivity contribution in [2.75, 3.05) is 18.9 Å². The molecule has 0 saturated carbocycles. The third-order valence-corrected chi connectivity index (χ3v) is 8.04. The average Bonchev–Trinajstić information content (AvgIpc) is 3.00. The van der Waals surface area contributed by atoms with Crippen molar-refractivity contribution in [3.05, 3.63) is 64.6 Å². The van der Waals surface area contributed by atoms with Crippen LogP contribution in [0.1, 0.15) is 86.1 Å². The van der Waals surface area contributed by atoms with Gasteiger partial charge in [0.1, 0.15) is 5.69 Å². The summed E-state index contributed by atoms with van der Waals surface area (Å²) in [5, 5.41) is 8.70. The van der Waals surface area contributed by atoms with Crippen molar-refractivity contribution in [1.29, 1.82) is 5.41 Å². The molecule has 6 heteroatoms. The van der Waals surface area contributed by atoms with Gasteiger partial charge in [-0.15, -0.1) is 0 Å². The van der Waals surface area contributed by atoms with Gasteiger partial charge in [-0.05, 0) is 68.4 Å². The number of anilines is 1. The van der Waals surface area contributed by atoms with Gasteiger partial charge in [0.25, 0.3) is 0 Å². The zero-order chi connectivity index (χ0) is 25.0. The van der Waals surface area contributed by atoms with Crippen molar-refractivity contribution in [3.8, 4) is 0 Å². The number of aromatic nitrogens is 2. The van der Waals surface area contributed by atoms with Crippen LogP contribution in [0.3, 0.4) is 0 Å². The molecule has 6 nitrogen and oxygen atoms in total. The largest absolute Gasteiger partial charge is 0.382 e. The van der Waals surface area contributed by atoms with Crippen molar-refractivity contribution >= 4 is 11.5 Å². The topological polar surface area (TPSA) is 111 Å². The highest BCUT2D eigenvalue weighted by molar-refractivity contribution is 6.01. The Hall–Kier alpha value is -2.57. The summed E-state index contributed by atoms with van der Waals surface area (Å²) < 4.78 is 5.55. The number of nitrogens with two attached hydrogens (primary N) is 2. The van der Waals surface area contributed by atoms with Crippen LogP contribution in [0.4, 0.5) is 5.82 Å². The molecule has 2 unspecified atom stereocenters. The van der Waals surface area contributed by atoms with Crippen LogP contribution >= 0.6 is 0 Å². The normalized spacial score (nSPS) is 24.1. The summed E-state index contributed by atoms with van der Waals surface area (Å²) in [5.41, 5.74) is 19.8. The van der Waals surface area contributed by atoms with Crippen LogP contribution in [-0.4, -0.2) is 28.9 Å². The van der Waals surface area contributed by atoms with Gasteiger partial charge in [-0.2, -0.15) is 0 Å². The van der Waals surface area contributed by atoms with Crippen molar-refractivity contribution in [2.45, 2.75) is 77.7 Å². The van der Waals surface area contributed by atoms with E-state index in [0.717, 1.165) is 74.9 Å². The van der Waals surface area contributed by atoms with E-state index in [9.17, 15) is 0 Å². The molecule has 0 radical (unpaired) electrons. The molecule has 2 heterocycles. The molecule has 0 amide bonds. The van der Waals surface area contributed by atoms with E-state index in [1.54, 1.807) is 0 Å². The van der Waals surface area contributed by atoms with E-state index in [-0.39, 0.29) is 17.4 Å². The predicted octanol–water partition coefficient (Wildman–Crippen LogP) is 5.47. The molecule has 1 aromatic heterocycles. The van der Waals surface area contributed by atoms with Gasteiger partial charge < -0.3 is 21.6 Å². The summed E-state index contributed by atoms with van der Waals surface area (Å²) in [5.74, 6) is 0.480. The standard InChI is InChI=1S/C29H41N5O/c1-4-13-29(18-22-8-5-6-10-23(22)27(29)31)14-11-19(2)17-24-20(3)33-26(28(32)34-24)25(30)21-9-7-15-35-16-12-21/h5-6,8,10,21,27,30H,2,4,7,9,11-18,31H2,1,3H3,(H2,32,34)/t21?,27-,29?/m1/s1. The van der Waals surface area contributed by atoms with Crippen molar-refractivity contribution in [2.24, 2.45) is 17.1 Å². The second kappa shape index (κ2) is 11.0. The molecule has 1 aliphatic heterocycles. The van der Waals surface area contributed by atoms with E-state index in [0.29, 0.717) is 30.3 Å². The molecule has 2 aromatic rings. The van der Waals surface area contributed by atoms with Crippen molar-refractivity contribution in [1.82, 2.24) is 9.97 Å². The average molecular weight is 476 g/mol. The Balaban J connectivity index is 1.42. The maximum absolute atomic E-state index is 8.70. The lowest BCUT2D eigenvalue weighted by Gasteiger charge is -2.34. The SMILES string of the molecule is C=C(CCC1(CCC)Cc2ccccc2[C@H]1N)Cc1nc(N)c(C(=N)C2CCCOCC2)nc1C. The quantitative estimate of drug-likeness (QED) is 0.329. The molecular weight excluding hydrogens is 434 g/mol. The highest BCUT2D eigenvalue weighted by atomic mass is 16.5. The van der Waals surface area contributed by atoms with Crippen LogP contribution < -0.4 is 11.5 Å². The van der Waals surface area contributed by atoms with E-state index in [2.05, 4.69) is 37.8 Å². The summed E-state index contributed by atoms with van der Waals surface area (Å²) in [6, 6.07) is 8.70. The van der Waals surface area contributed by atoms with E-state index < -0.39 is 0 Å². The van der Waals surface area contributed by atoms with Gasteiger partial charge in [0.15, 0.2) is 5.82 Å². The van der Waals surface area contributed by atoms with E-state index in [4.69, 9.17) is 31.6 Å². The summed E-state index contributed by atoms with van der Waals surface area (Å²) in [7, 11) is 0. The predicted molar refractivity (Wildman–Crippen MR) is 143 cm³/mol. The molecule has 35 heavy (non-hydrogen) atoms. The maximum atomic E-state index is 8.70. The zero-order valence-electron chi connectivity index (χ0n) is 21.4. The molecule has 1 aliphatic carbocycles. The molecular formula is C29H41N5O. The Kier molecular flexibility index (Phi) is 8.02. The highest BCUT2D eigenvalue weighted by Gasteiger charge is 2.42. The molecule has 3 atom stereocenters. The minimum absolute atomic E-state index is 0.0725. The summed E-state index contributed by atoms with van der Waals surface area (Å²) in [6.45, 7) is 10.0. The second-order valence-electron chi connectivity index (χ2n) is 10.5. The maximum Gasteiger partial charge on any atom is 0.151 e. The number of hydrogen-bond donors (Lipinski definition) is 3. The monoisotopic (exact) mass is 475 g/mol. The molecule has 1 saturated heterocycles. The fourth-order valence-electron chi connectivity index (χ4n) is 6.00. The molecule has 188 valence electrons. The lowest BCUT2D eigenvalue weighted by molar-refractivity contribution is 0.143. The van der Waals surface area contributed by atoms with Crippen LogP contribution in [0, 0.1) is 23.7 Å². The van der Waals surface area contributed by atoms with Gasteiger partial charge in [-0.3, -0.25) is 0 Å². The third kappa shape index (κ3) is 5.49. The molecule has 1 fully saturated rings. The first-order chi connectivity index (χ1) is 16.8. The first kappa shape index (κ1) is 25.5. The Morgan fingerprint density at radius 1 is 1.20 bits per heavy atom. The molecule has 4 rings (SSSR count). The minimum Gasteiger partial charge on any atom is -0.382 e. The Labute approximate surface area is 210 Å². The van der Waals surface area contributed by atoms with Gasteiger partial charge in [0.2, 0.25) is 0 Å². The van der Waals surface area contributed by atoms with E-state index in [1.807, 2.05) is 6.92 Å². The number of hydrogen-bond acceptors (Lipinski definition) is 6. The molecule has 0 bridgehead atoms. The number of nitrogen functional groups attached to an aromatic ring is 1. The van der Waals surface area contributed by atoms with Crippen molar-refractivity contribution < 1.29 is 4.74 Å². The lowest BCUT2D eigenvalue weighted by Crippen LogP contribution is -2.31. The second-order valence-corrected chi connectivity index (χ2v) is 10.5. The molecule has 1 aromatic carbocycles. The van der Waals surface area contributed by atoms with Gasteiger partial charge in [-0.25, -0.2) is 9.97 Å². The van der Waals surface area contributed by atoms with Crippen LogP contribution in [-0.2, 0) is 17.6 Å². The van der Waals surface area contributed by atoms with Gasteiger partial charge in [-0.1, -0.05) is 49.8 Å². The number of allylic oxidation sites excluding steroid dienone is 1. The molecule has 5 N–H and O–H groups in total. The minimum atomic E-state index is 0.0725. The number of ether oxygens (including phenoxy) is 1. The fourth-order valence-corrected chi connectivity index (χ4v) is 6.00. The number of nitrogens with zero attached hydrogens (tertiary/aromatic N) is 2. The highest BCUT2D eigenvalue weighted by Crippen LogP contribution is 2.50. The first-order valence-corrected chi connectivity index (χ1v) is 13.1. The Morgan fingerprint density at radius 3 is 2.77 bits per heavy atom. The first-order valence-electron chi connectivity index (χ1n) is 13.1. The number of fused-ring (bicyclic) bond motifs is 1. The summed E-state index contributed by atoms with van der Waals surface area (Å²) in [4.78, 5) is 9.43. The fraction of sp³-hybridized carbons (Fsp3) is 0.552. The number of rotatable bonds is 9. The number of nitrogens with one attached hydrogen (secondary N) is 1. The van der Waals surface area contributed by atoms with E-state index in [1.165, 1.54) is 11.1 Å². The summed E-state index contributed by atoms with van der Waals surface area (Å²) in [6.07, 6.45) is 8.59. The van der Waals surface area contributed by atoms with Crippen LogP contribution in [0.5, 0.6) is 0 Å². The summed E-state index contributed by atoms with van der Waals surface area (Å²) >= 11 is 0. The smallest absolute Gasteiger partial charge is 0.151 e. The third-order valence-electron chi connectivity index (χ3n) is 8.04. The lowest BCUT2D eigenvalue weighted by atomic mass is 9.73. The number of benzene rings is 1.